The molecule has 2 amide bonds. The smallest absolute Gasteiger partial charge is 0.237 e. The molecule has 1 saturated heterocycles. The molecule has 20 heavy (non-hydrogen) atoms. The van der Waals surface area contributed by atoms with Crippen LogP contribution in [0.25, 0.3) is 0 Å². The van der Waals surface area contributed by atoms with Crippen LogP contribution in [-0.2, 0) is 9.59 Å². The Morgan fingerprint density at radius 3 is 2.55 bits per heavy atom. The Morgan fingerprint density at radius 2 is 2.10 bits per heavy atom. The first-order valence-corrected chi connectivity index (χ1v) is 7.49. The molecule has 0 aromatic carbocycles. The lowest BCUT2D eigenvalue weighted by molar-refractivity contribution is -0.127. The molecule has 5 nitrogen and oxygen atoms in total. The second-order valence-electron chi connectivity index (χ2n) is 6.85. The van der Waals surface area contributed by atoms with Crippen molar-refractivity contribution in [3.05, 3.63) is 0 Å². The number of carbonyl (C=O) groups is 2. The number of amides is 2. The Balaban J connectivity index is 2.41. The molecule has 5 heteroatoms. The molecule has 0 saturated carbocycles. The third-order valence-corrected chi connectivity index (χ3v) is 3.72. The number of likely N-dealkylation sites (N-methyl/N-ethyl adjacent to an activating group) is 1. The summed E-state index contributed by atoms with van der Waals surface area (Å²) in [5.41, 5.74) is 0.105. The van der Waals surface area contributed by atoms with Gasteiger partial charge in [0.2, 0.25) is 11.8 Å². The van der Waals surface area contributed by atoms with E-state index in [1.54, 1.807) is 0 Å². The van der Waals surface area contributed by atoms with Crippen molar-refractivity contribution < 1.29 is 9.59 Å². The minimum absolute atomic E-state index is 0.0322. The number of nitrogens with one attached hydrogen (secondary N) is 2. The summed E-state index contributed by atoms with van der Waals surface area (Å²) in [7, 11) is 1.81. The summed E-state index contributed by atoms with van der Waals surface area (Å²) in [5.74, 6) is 0.481. The van der Waals surface area contributed by atoms with Crippen molar-refractivity contribution in [2.75, 3.05) is 26.7 Å². The number of rotatable bonds is 6. The zero-order valence-corrected chi connectivity index (χ0v) is 13.5. The monoisotopic (exact) mass is 283 g/mol. The van der Waals surface area contributed by atoms with E-state index < -0.39 is 0 Å². The summed E-state index contributed by atoms with van der Waals surface area (Å²) in [6.45, 7) is 10.5. The molecule has 1 fully saturated rings. The molecule has 2 unspecified atom stereocenters. The molecule has 1 aliphatic heterocycles. The number of hydrogen-bond acceptors (Lipinski definition) is 3. The van der Waals surface area contributed by atoms with Gasteiger partial charge in [0.25, 0.3) is 0 Å². The molecule has 0 bridgehead atoms. The van der Waals surface area contributed by atoms with Crippen molar-refractivity contribution in [1.29, 1.82) is 0 Å². The van der Waals surface area contributed by atoms with Gasteiger partial charge < -0.3 is 15.5 Å². The van der Waals surface area contributed by atoms with E-state index in [0.717, 1.165) is 19.5 Å². The van der Waals surface area contributed by atoms with E-state index in [4.69, 9.17) is 0 Å². The molecule has 0 aromatic heterocycles. The lowest BCUT2D eigenvalue weighted by Crippen LogP contribution is -2.46. The quantitative estimate of drug-likeness (QED) is 0.764. The maximum atomic E-state index is 12.2. The molecular weight excluding hydrogens is 254 g/mol. The van der Waals surface area contributed by atoms with E-state index in [1.807, 2.05) is 18.9 Å². The van der Waals surface area contributed by atoms with Gasteiger partial charge in [0.15, 0.2) is 0 Å². The van der Waals surface area contributed by atoms with Crippen molar-refractivity contribution in [2.24, 2.45) is 11.3 Å². The predicted molar refractivity (Wildman–Crippen MR) is 80.3 cm³/mol. The first-order valence-electron chi connectivity index (χ1n) is 7.49. The molecule has 0 aromatic rings. The molecule has 0 radical (unpaired) electrons. The van der Waals surface area contributed by atoms with E-state index in [2.05, 4.69) is 31.4 Å². The van der Waals surface area contributed by atoms with E-state index in [0.29, 0.717) is 13.0 Å². The molecule has 1 heterocycles. The van der Waals surface area contributed by atoms with Crippen LogP contribution in [0, 0.1) is 11.3 Å². The Bertz CT molecular complexity index is 350. The highest BCUT2D eigenvalue weighted by atomic mass is 16.2. The van der Waals surface area contributed by atoms with Crippen LogP contribution >= 0.6 is 0 Å². The zero-order valence-electron chi connectivity index (χ0n) is 13.5. The molecular formula is C15H29N3O2. The molecule has 0 spiro atoms. The number of nitrogens with zero attached hydrogens (tertiary/aromatic N) is 1. The first kappa shape index (κ1) is 17.0. The van der Waals surface area contributed by atoms with Crippen LogP contribution in [0.2, 0.25) is 0 Å². The van der Waals surface area contributed by atoms with Crippen LogP contribution in [0.5, 0.6) is 0 Å². The van der Waals surface area contributed by atoms with Crippen LogP contribution in [0.3, 0.4) is 0 Å². The third-order valence-electron chi connectivity index (χ3n) is 3.72. The van der Waals surface area contributed by atoms with Gasteiger partial charge in [0.1, 0.15) is 0 Å². The highest BCUT2D eigenvalue weighted by Gasteiger charge is 2.29. The van der Waals surface area contributed by atoms with Crippen LogP contribution < -0.4 is 10.6 Å². The molecule has 2 atom stereocenters. The maximum Gasteiger partial charge on any atom is 0.237 e. The number of carbonyl (C=O) groups excluding carboxylic acids is 2. The summed E-state index contributed by atoms with van der Waals surface area (Å²) in [6.07, 6.45) is 1.34. The topological polar surface area (TPSA) is 61.4 Å². The van der Waals surface area contributed by atoms with Crippen molar-refractivity contribution in [3.8, 4) is 0 Å². The maximum absolute atomic E-state index is 12.2. The summed E-state index contributed by atoms with van der Waals surface area (Å²) >= 11 is 0. The highest BCUT2D eigenvalue weighted by molar-refractivity contribution is 5.82. The summed E-state index contributed by atoms with van der Waals surface area (Å²) in [5, 5.41) is 6.06. The van der Waals surface area contributed by atoms with E-state index in [1.165, 1.54) is 0 Å². The lowest BCUT2D eigenvalue weighted by Gasteiger charge is -2.25. The van der Waals surface area contributed by atoms with Gasteiger partial charge in [-0.05, 0) is 25.8 Å². The summed E-state index contributed by atoms with van der Waals surface area (Å²) in [4.78, 5) is 25.7. The van der Waals surface area contributed by atoms with Crippen molar-refractivity contribution >= 4 is 11.8 Å². The second kappa shape index (κ2) is 7.07. The van der Waals surface area contributed by atoms with Gasteiger partial charge in [0, 0.05) is 32.0 Å². The fourth-order valence-electron chi connectivity index (χ4n) is 2.60. The van der Waals surface area contributed by atoms with E-state index in [9.17, 15) is 9.59 Å². The standard InChI is InChI=1S/C15H29N3O2/c1-6-18-10-11(7-13(18)19)9-17-14(20)12(16-5)8-15(2,3)4/h11-12,16H,6-10H2,1-5H3,(H,17,20). The summed E-state index contributed by atoms with van der Waals surface area (Å²) in [6, 6.07) is -0.172. The summed E-state index contributed by atoms with van der Waals surface area (Å²) < 4.78 is 0. The Labute approximate surface area is 122 Å². The molecule has 1 aliphatic rings. The highest BCUT2D eigenvalue weighted by Crippen LogP contribution is 2.21. The minimum atomic E-state index is -0.172. The van der Waals surface area contributed by atoms with Crippen molar-refractivity contribution in [3.63, 3.8) is 0 Å². The fourth-order valence-corrected chi connectivity index (χ4v) is 2.60. The normalized spacial score (nSPS) is 21.1. The Morgan fingerprint density at radius 1 is 1.45 bits per heavy atom. The molecule has 116 valence electrons. The zero-order chi connectivity index (χ0) is 15.3. The van der Waals surface area contributed by atoms with Gasteiger partial charge in [-0.15, -0.1) is 0 Å². The Hall–Kier alpha value is -1.10. The molecule has 2 N–H and O–H groups in total. The van der Waals surface area contributed by atoms with E-state index >= 15 is 0 Å². The SMILES string of the molecule is CCN1CC(CNC(=O)C(CC(C)(C)C)NC)CC1=O. The average Bonchev–Trinajstić information content (AvgIpc) is 2.72. The van der Waals surface area contributed by atoms with Gasteiger partial charge in [0.05, 0.1) is 6.04 Å². The van der Waals surface area contributed by atoms with Crippen molar-refractivity contribution in [2.45, 2.75) is 46.6 Å². The van der Waals surface area contributed by atoms with Crippen molar-refractivity contribution in [1.82, 2.24) is 15.5 Å². The van der Waals surface area contributed by atoms with Gasteiger partial charge in [-0.3, -0.25) is 9.59 Å². The second-order valence-corrected chi connectivity index (χ2v) is 6.85. The largest absolute Gasteiger partial charge is 0.354 e. The lowest BCUT2D eigenvalue weighted by atomic mass is 9.88. The van der Waals surface area contributed by atoms with Crippen LogP contribution in [-0.4, -0.2) is 49.4 Å². The van der Waals surface area contributed by atoms with Crippen LogP contribution in [0.15, 0.2) is 0 Å². The van der Waals surface area contributed by atoms with Gasteiger partial charge in [-0.1, -0.05) is 20.8 Å². The van der Waals surface area contributed by atoms with E-state index in [-0.39, 0.29) is 29.2 Å². The van der Waals surface area contributed by atoms with Crippen LogP contribution in [0.4, 0.5) is 0 Å². The average molecular weight is 283 g/mol. The Kier molecular flexibility index (Phi) is 5.99. The minimum Gasteiger partial charge on any atom is -0.354 e. The third kappa shape index (κ3) is 5.12. The van der Waals surface area contributed by atoms with Crippen LogP contribution in [0.1, 0.15) is 40.5 Å². The molecule has 0 aliphatic carbocycles. The first-order chi connectivity index (χ1) is 9.26. The predicted octanol–water partition coefficient (Wildman–Crippen LogP) is 0.995. The molecule has 1 rings (SSSR count). The number of hydrogen-bond donors (Lipinski definition) is 2. The van der Waals surface area contributed by atoms with Gasteiger partial charge in [-0.25, -0.2) is 0 Å². The fraction of sp³-hybridized carbons (Fsp3) is 0.867. The van der Waals surface area contributed by atoms with Gasteiger partial charge in [-0.2, -0.15) is 0 Å². The number of likely N-dealkylation sites (tertiary alicyclic amines) is 1. The van der Waals surface area contributed by atoms with Gasteiger partial charge >= 0.3 is 0 Å².